The molecule has 0 spiro atoms. The van der Waals surface area contributed by atoms with E-state index >= 15 is 0 Å². The van der Waals surface area contributed by atoms with Crippen LogP contribution in [0.3, 0.4) is 0 Å². The highest BCUT2D eigenvalue weighted by Gasteiger charge is 2.13. The SMILES string of the molecule is CCOc1cc(C#N)ccc1OCC(=O)Nc1ccc2c(c1)CCC2. The number of hydrogen-bond donors (Lipinski definition) is 1. The molecule has 5 nitrogen and oxygen atoms in total. The zero-order chi connectivity index (χ0) is 17.6. The first-order chi connectivity index (χ1) is 12.2. The number of aryl methyl sites for hydroxylation is 2. The van der Waals surface area contributed by atoms with Crippen LogP contribution in [0.25, 0.3) is 0 Å². The Kier molecular flexibility index (Phi) is 5.20. The van der Waals surface area contributed by atoms with Crippen molar-refractivity contribution in [3.05, 3.63) is 53.1 Å². The standard InChI is InChI=1S/C20H20N2O3/c1-2-24-19-10-14(12-21)6-9-18(19)25-13-20(23)22-17-8-7-15-4-3-5-16(15)11-17/h6-11H,2-5,13H2,1H3,(H,22,23). The molecule has 0 bridgehead atoms. The Morgan fingerprint density at radius 1 is 1.12 bits per heavy atom. The van der Waals surface area contributed by atoms with Gasteiger partial charge >= 0.3 is 0 Å². The van der Waals surface area contributed by atoms with Crippen molar-refractivity contribution in [2.75, 3.05) is 18.5 Å². The number of amides is 1. The van der Waals surface area contributed by atoms with E-state index in [1.807, 2.05) is 19.1 Å². The van der Waals surface area contributed by atoms with Gasteiger partial charge in [-0.15, -0.1) is 0 Å². The van der Waals surface area contributed by atoms with Gasteiger partial charge in [0.05, 0.1) is 18.2 Å². The second kappa shape index (κ2) is 7.71. The van der Waals surface area contributed by atoms with Crippen molar-refractivity contribution in [3.8, 4) is 17.6 Å². The number of carbonyl (C=O) groups is 1. The van der Waals surface area contributed by atoms with Crippen LogP contribution in [-0.2, 0) is 17.6 Å². The van der Waals surface area contributed by atoms with E-state index in [9.17, 15) is 4.79 Å². The van der Waals surface area contributed by atoms with E-state index < -0.39 is 0 Å². The first kappa shape index (κ1) is 16.8. The molecule has 0 saturated carbocycles. The molecule has 0 radical (unpaired) electrons. The van der Waals surface area contributed by atoms with Crippen LogP contribution in [-0.4, -0.2) is 19.1 Å². The number of nitrogens with one attached hydrogen (secondary N) is 1. The minimum Gasteiger partial charge on any atom is -0.490 e. The molecule has 0 aliphatic heterocycles. The molecule has 25 heavy (non-hydrogen) atoms. The summed E-state index contributed by atoms with van der Waals surface area (Å²) < 4.78 is 11.0. The van der Waals surface area contributed by atoms with E-state index in [4.69, 9.17) is 14.7 Å². The van der Waals surface area contributed by atoms with Crippen molar-refractivity contribution in [2.24, 2.45) is 0 Å². The van der Waals surface area contributed by atoms with Crippen LogP contribution in [0.1, 0.15) is 30.0 Å². The van der Waals surface area contributed by atoms with E-state index in [1.165, 1.54) is 17.5 Å². The number of fused-ring (bicyclic) bond motifs is 1. The highest BCUT2D eigenvalue weighted by atomic mass is 16.5. The Balaban J connectivity index is 1.61. The van der Waals surface area contributed by atoms with Gasteiger partial charge in [0, 0.05) is 11.8 Å². The lowest BCUT2D eigenvalue weighted by Gasteiger charge is -2.12. The van der Waals surface area contributed by atoms with Crippen molar-refractivity contribution < 1.29 is 14.3 Å². The van der Waals surface area contributed by atoms with Crippen LogP contribution in [0.5, 0.6) is 11.5 Å². The van der Waals surface area contributed by atoms with Gasteiger partial charge in [-0.3, -0.25) is 4.79 Å². The van der Waals surface area contributed by atoms with E-state index in [-0.39, 0.29) is 12.5 Å². The predicted octanol–water partition coefficient (Wildman–Crippen LogP) is 3.46. The van der Waals surface area contributed by atoms with Crippen molar-refractivity contribution >= 4 is 11.6 Å². The molecule has 0 heterocycles. The lowest BCUT2D eigenvalue weighted by molar-refractivity contribution is -0.118. The molecule has 1 aliphatic carbocycles. The monoisotopic (exact) mass is 336 g/mol. The molecular weight excluding hydrogens is 316 g/mol. The van der Waals surface area contributed by atoms with Gasteiger partial charge < -0.3 is 14.8 Å². The topological polar surface area (TPSA) is 71.3 Å². The minimum absolute atomic E-state index is 0.122. The molecule has 3 rings (SSSR count). The molecule has 5 heteroatoms. The van der Waals surface area contributed by atoms with Crippen molar-refractivity contribution in [1.29, 1.82) is 5.26 Å². The Hall–Kier alpha value is -3.00. The Labute approximate surface area is 147 Å². The van der Waals surface area contributed by atoms with Crippen LogP contribution < -0.4 is 14.8 Å². The second-order valence-electron chi connectivity index (χ2n) is 5.88. The van der Waals surface area contributed by atoms with Crippen LogP contribution in [0.15, 0.2) is 36.4 Å². The molecule has 0 atom stereocenters. The average Bonchev–Trinajstić information content (AvgIpc) is 3.08. The molecule has 1 amide bonds. The van der Waals surface area contributed by atoms with Crippen LogP contribution in [0, 0.1) is 11.3 Å². The zero-order valence-electron chi connectivity index (χ0n) is 14.2. The van der Waals surface area contributed by atoms with Crippen molar-refractivity contribution in [2.45, 2.75) is 26.2 Å². The number of rotatable bonds is 6. The summed E-state index contributed by atoms with van der Waals surface area (Å²) in [5.74, 6) is 0.682. The van der Waals surface area contributed by atoms with E-state index in [2.05, 4.69) is 17.5 Å². The fourth-order valence-corrected chi connectivity index (χ4v) is 2.96. The fraction of sp³-hybridized carbons (Fsp3) is 0.300. The van der Waals surface area contributed by atoms with Gasteiger partial charge in [-0.1, -0.05) is 6.07 Å². The molecule has 2 aromatic carbocycles. The quantitative estimate of drug-likeness (QED) is 0.877. The maximum Gasteiger partial charge on any atom is 0.262 e. The van der Waals surface area contributed by atoms with Gasteiger partial charge in [-0.2, -0.15) is 5.26 Å². The first-order valence-electron chi connectivity index (χ1n) is 8.41. The normalized spacial score (nSPS) is 12.2. The maximum absolute atomic E-state index is 12.1. The number of hydrogen-bond acceptors (Lipinski definition) is 4. The van der Waals surface area contributed by atoms with Crippen LogP contribution >= 0.6 is 0 Å². The van der Waals surface area contributed by atoms with Gasteiger partial charge in [0.1, 0.15) is 0 Å². The predicted molar refractivity (Wildman–Crippen MR) is 94.9 cm³/mol. The molecule has 2 aromatic rings. The third kappa shape index (κ3) is 4.10. The molecule has 0 unspecified atom stereocenters. The van der Waals surface area contributed by atoms with Crippen molar-refractivity contribution in [3.63, 3.8) is 0 Å². The van der Waals surface area contributed by atoms with E-state index in [0.717, 1.165) is 18.5 Å². The first-order valence-corrected chi connectivity index (χ1v) is 8.41. The van der Waals surface area contributed by atoms with E-state index in [1.54, 1.807) is 18.2 Å². The maximum atomic E-state index is 12.1. The van der Waals surface area contributed by atoms with E-state index in [0.29, 0.717) is 23.7 Å². The molecular formula is C20H20N2O3. The third-order valence-corrected chi connectivity index (χ3v) is 4.11. The van der Waals surface area contributed by atoms with Crippen LogP contribution in [0.4, 0.5) is 5.69 Å². The van der Waals surface area contributed by atoms with Crippen LogP contribution in [0.2, 0.25) is 0 Å². The lowest BCUT2D eigenvalue weighted by atomic mass is 10.1. The lowest BCUT2D eigenvalue weighted by Crippen LogP contribution is -2.20. The number of ether oxygens (including phenoxy) is 2. The summed E-state index contributed by atoms with van der Waals surface area (Å²) in [5.41, 5.74) is 3.95. The fourth-order valence-electron chi connectivity index (χ4n) is 2.96. The highest BCUT2D eigenvalue weighted by Crippen LogP contribution is 2.28. The van der Waals surface area contributed by atoms with Gasteiger partial charge in [0.25, 0.3) is 5.91 Å². The highest BCUT2D eigenvalue weighted by molar-refractivity contribution is 5.92. The van der Waals surface area contributed by atoms with Crippen molar-refractivity contribution in [1.82, 2.24) is 0 Å². The van der Waals surface area contributed by atoms with Gasteiger partial charge in [0.15, 0.2) is 18.1 Å². The minimum atomic E-state index is -0.232. The molecule has 0 saturated heterocycles. The zero-order valence-corrected chi connectivity index (χ0v) is 14.2. The second-order valence-corrected chi connectivity index (χ2v) is 5.88. The van der Waals surface area contributed by atoms with Gasteiger partial charge in [-0.25, -0.2) is 0 Å². The number of anilines is 1. The average molecular weight is 336 g/mol. The summed E-state index contributed by atoms with van der Waals surface area (Å²) in [6, 6.07) is 13.0. The summed E-state index contributed by atoms with van der Waals surface area (Å²) in [4.78, 5) is 12.1. The Morgan fingerprint density at radius 2 is 1.96 bits per heavy atom. The molecule has 0 aromatic heterocycles. The van der Waals surface area contributed by atoms with Gasteiger partial charge in [-0.05, 0) is 61.6 Å². The smallest absolute Gasteiger partial charge is 0.262 e. The summed E-state index contributed by atoms with van der Waals surface area (Å²) in [5, 5.41) is 11.8. The summed E-state index contributed by atoms with van der Waals surface area (Å²) in [6.45, 7) is 2.18. The summed E-state index contributed by atoms with van der Waals surface area (Å²) in [6.07, 6.45) is 3.36. The Bertz CT molecular complexity index is 824. The summed E-state index contributed by atoms with van der Waals surface area (Å²) in [7, 11) is 0. The Morgan fingerprint density at radius 3 is 2.76 bits per heavy atom. The number of carbonyl (C=O) groups excluding carboxylic acids is 1. The third-order valence-electron chi connectivity index (χ3n) is 4.11. The summed E-state index contributed by atoms with van der Waals surface area (Å²) >= 11 is 0. The molecule has 0 fully saturated rings. The largest absolute Gasteiger partial charge is 0.490 e. The number of nitrogens with zero attached hydrogens (tertiary/aromatic N) is 1. The van der Waals surface area contributed by atoms with Gasteiger partial charge in [0.2, 0.25) is 0 Å². The molecule has 1 aliphatic rings. The number of nitriles is 1. The molecule has 128 valence electrons. The number of benzene rings is 2. The molecule has 1 N–H and O–H groups in total.